The van der Waals surface area contributed by atoms with Crippen LogP contribution in [0.5, 0.6) is 5.88 Å². The molecule has 3 heterocycles. The van der Waals surface area contributed by atoms with Crippen molar-refractivity contribution >= 4 is 55.0 Å². The first-order valence-electron chi connectivity index (χ1n) is 4.55. The monoisotopic (exact) mass is 284 g/mol. The van der Waals surface area contributed by atoms with Crippen LogP contribution in [-0.2, 0) is 0 Å². The first-order valence-corrected chi connectivity index (χ1v) is 6.97. The number of aromatic nitrogens is 4. The second-order valence-corrected chi connectivity index (χ2v) is 5.32. The average molecular weight is 285 g/mol. The highest BCUT2D eigenvalue weighted by Gasteiger charge is 2.15. The van der Waals surface area contributed by atoms with Gasteiger partial charge in [0.2, 0.25) is 5.88 Å². The molecule has 0 atom stereocenters. The lowest BCUT2D eigenvalue weighted by molar-refractivity contribution is 0.454. The fourth-order valence-corrected chi connectivity index (χ4v) is 3.23. The van der Waals surface area contributed by atoms with Crippen LogP contribution in [0.2, 0.25) is 5.15 Å². The number of halogens is 1. The highest BCUT2D eigenvalue weighted by Crippen LogP contribution is 2.39. The molecular weight excluding hydrogens is 280 g/mol. The SMILES string of the molecule is CSc1nc(O)c2c(n1)sc1c(Cl)nncc12. The van der Waals surface area contributed by atoms with Crippen molar-refractivity contribution in [3.63, 3.8) is 0 Å². The van der Waals surface area contributed by atoms with Crippen molar-refractivity contribution in [3.05, 3.63) is 11.3 Å². The van der Waals surface area contributed by atoms with E-state index in [4.69, 9.17) is 11.6 Å². The van der Waals surface area contributed by atoms with Crippen LogP contribution in [-0.4, -0.2) is 31.5 Å². The average Bonchev–Trinajstić information content (AvgIpc) is 2.69. The van der Waals surface area contributed by atoms with Crippen LogP contribution >= 0.6 is 34.7 Å². The van der Waals surface area contributed by atoms with E-state index in [2.05, 4.69) is 20.2 Å². The number of rotatable bonds is 1. The fourth-order valence-electron chi connectivity index (χ4n) is 1.54. The van der Waals surface area contributed by atoms with Gasteiger partial charge in [0.15, 0.2) is 10.3 Å². The minimum absolute atomic E-state index is 0.0466. The van der Waals surface area contributed by atoms with Crippen LogP contribution < -0.4 is 0 Å². The molecule has 0 saturated heterocycles. The summed E-state index contributed by atoms with van der Waals surface area (Å²) < 4.78 is 0.763. The van der Waals surface area contributed by atoms with Crippen LogP contribution in [0.1, 0.15) is 0 Å². The maximum atomic E-state index is 9.91. The van der Waals surface area contributed by atoms with E-state index in [1.807, 2.05) is 6.26 Å². The van der Waals surface area contributed by atoms with Crippen molar-refractivity contribution in [1.82, 2.24) is 20.2 Å². The summed E-state index contributed by atoms with van der Waals surface area (Å²) in [5, 5.41) is 19.6. The Labute approximate surface area is 109 Å². The number of fused-ring (bicyclic) bond motifs is 3. The summed E-state index contributed by atoms with van der Waals surface area (Å²) in [6, 6.07) is 0. The molecule has 0 fully saturated rings. The van der Waals surface area contributed by atoms with E-state index < -0.39 is 0 Å². The first-order chi connectivity index (χ1) is 8.20. The Morgan fingerprint density at radius 3 is 3.00 bits per heavy atom. The van der Waals surface area contributed by atoms with Gasteiger partial charge in [-0.15, -0.1) is 16.4 Å². The molecule has 5 nitrogen and oxygen atoms in total. The second kappa shape index (κ2) is 3.94. The molecule has 1 N–H and O–H groups in total. The molecule has 0 aliphatic carbocycles. The van der Waals surface area contributed by atoms with Gasteiger partial charge in [-0.05, 0) is 6.26 Å². The minimum atomic E-state index is -0.0466. The lowest BCUT2D eigenvalue weighted by Crippen LogP contribution is -1.85. The molecule has 0 amide bonds. The molecular formula is C9H5ClN4OS2. The van der Waals surface area contributed by atoms with Crippen LogP contribution in [0, 0.1) is 0 Å². The molecule has 0 saturated carbocycles. The van der Waals surface area contributed by atoms with Crippen molar-refractivity contribution in [2.24, 2.45) is 0 Å². The molecule has 3 aromatic heterocycles. The molecule has 0 unspecified atom stereocenters. The summed E-state index contributed by atoms with van der Waals surface area (Å²) in [5.74, 6) is -0.0466. The molecule has 0 radical (unpaired) electrons. The summed E-state index contributed by atoms with van der Waals surface area (Å²) >= 11 is 8.70. The van der Waals surface area contributed by atoms with Gasteiger partial charge in [-0.3, -0.25) is 0 Å². The number of aromatic hydroxyl groups is 1. The zero-order chi connectivity index (χ0) is 12.0. The number of thiophene rings is 1. The van der Waals surface area contributed by atoms with Gasteiger partial charge in [0.1, 0.15) is 4.83 Å². The third-order valence-electron chi connectivity index (χ3n) is 2.25. The molecule has 0 aliphatic heterocycles. The standard InChI is InChI=1S/C9H5ClN4OS2/c1-16-9-12-7(15)4-3-2-11-14-6(10)5(3)17-8(4)13-9/h2H,1H3,(H,12,13,15). The van der Waals surface area contributed by atoms with E-state index in [1.165, 1.54) is 23.1 Å². The van der Waals surface area contributed by atoms with Gasteiger partial charge in [0.05, 0.1) is 16.3 Å². The third-order valence-corrected chi connectivity index (χ3v) is 4.28. The predicted molar refractivity (Wildman–Crippen MR) is 69.0 cm³/mol. The highest BCUT2D eigenvalue weighted by molar-refractivity contribution is 7.98. The molecule has 86 valence electrons. The van der Waals surface area contributed by atoms with Crippen molar-refractivity contribution in [3.8, 4) is 5.88 Å². The van der Waals surface area contributed by atoms with Gasteiger partial charge in [-0.25, -0.2) is 4.98 Å². The van der Waals surface area contributed by atoms with Crippen molar-refractivity contribution in [1.29, 1.82) is 0 Å². The van der Waals surface area contributed by atoms with E-state index >= 15 is 0 Å². The summed E-state index contributed by atoms with van der Waals surface area (Å²) in [7, 11) is 0. The largest absolute Gasteiger partial charge is 0.493 e. The molecule has 0 spiro atoms. The number of hydrogen-bond donors (Lipinski definition) is 1. The maximum Gasteiger partial charge on any atom is 0.224 e. The van der Waals surface area contributed by atoms with Gasteiger partial charge in [0.25, 0.3) is 0 Å². The lowest BCUT2D eigenvalue weighted by Gasteiger charge is -1.97. The quantitative estimate of drug-likeness (QED) is 0.547. The summed E-state index contributed by atoms with van der Waals surface area (Å²) in [6.45, 7) is 0. The van der Waals surface area contributed by atoms with Gasteiger partial charge in [0, 0.05) is 5.39 Å². The molecule has 0 aliphatic rings. The maximum absolute atomic E-state index is 9.91. The van der Waals surface area contributed by atoms with Gasteiger partial charge in [-0.1, -0.05) is 23.4 Å². The van der Waals surface area contributed by atoms with Crippen molar-refractivity contribution in [2.45, 2.75) is 5.16 Å². The predicted octanol–water partition coefficient (Wildman–Crippen LogP) is 2.72. The Morgan fingerprint density at radius 2 is 2.24 bits per heavy atom. The van der Waals surface area contributed by atoms with E-state index in [9.17, 15) is 5.11 Å². The summed E-state index contributed by atoms with van der Waals surface area (Å²) in [4.78, 5) is 9.01. The highest BCUT2D eigenvalue weighted by atomic mass is 35.5. The normalized spacial score (nSPS) is 11.4. The fraction of sp³-hybridized carbons (Fsp3) is 0.111. The van der Waals surface area contributed by atoms with Crippen molar-refractivity contribution in [2.75, 3.05) is 6.26 Å². The van der Waals surface area contributed by atoms with Crippen LogP contribution in [0.4, 0.5) is 0 Å². The van der Waals surface area contributed by atoms with E-state index in [0.717, 1.165) is 10.1 Å². The summed E-state index contributed by atoms with van der Waals surface area (Å²) in [5.41, 5.74) is 0. The molecule has 0 aromatic carbocycles. The zero-order valence-electron chi connectivity index (χ0n) is 8.51. The Balaban J connectivity index is 2.51. The molecule has 8 heteroatoms. The van der Waals surface area contributed by atoms with Crippen LogP contribution in [0.15, 0.2) is 11.4 Å². The van der Waals surface area contributed by atoms with Gasteiger partial charge in [-0.2, -0.15) is 10.1 Å². The Bertz CT molecular complexity index is 730. The molecule has 3 rings (SSSR count). The molecule has 0 bridgehead atoms. The van der Waals surface area contributed by atoms with Crippen molar-refractivity contribution < 1.29 is 5.11 Å². The van der Waals surface area contributed by atoms with E-state index in [0.29, 0.717) is 20.5 Å². The number of nitrogens with zero attached hydrogens (tertiary/aromatic N) is 4. The first kappa shape index (κ1) is 10.9. The Kier molecular flexibility index (Phi) is 2.53. The van der Waals surface area contributed by atoms with Crippen LogP contribution in [0.3, 0.4) is 0 Å². The topological polar surface area (TPSA) is 71.8 Å². The Morgan fingerprint density at radius 1 is 1.41 bits per heavy atom. The number of thioether (sulfide) groups is 1. The summed E-state index contributed by atoms with van der Waals surface area (Å²) in [6.07, 6.45) is 3.41. The lowest BCUT2D eigenvalue weighted by atomic mass is 10.3. The zero-order valence-corrected chi connectivity index (χ0v) is 10.9. The van der Waals surface area contributed by atoms with Gasteiger partial charge >= 0.3 is 0 Å². The molecule has 17 heavy (non-hydrogen) atoms. The molecule has 3 aromatic rings. The smallest absolute Gasteiger partial charge is 0.224 e. The van der Waals surface area contributed by atoms with Gasteiger partial charge < -0.3 is 5.11 Å². The second-order valence-electron chi connectivity index (χ2n) is 3.19. The minimum Gasteiger partial charge on any atom is -0.493 e. The third kappa shape index (κ3) is 1.62. The Hall–Kier alpha value is -1.18. The van der Waals surface area contributed by atoms with E-state index in [1.54, 1.807) is 6.20 Å². The van der Waals surface area contributed by atoms with E-state index in [-0.39, 0.29) is 5.88 Å². The number of hydrogen-bond acceptors (Lipinski definition) is 7. The van der Waals surface area contributed by atoms with Crippen LogP contribution in [0.25, 0.3) is 20.3 Å².